The van der Waals surface area contributed by atoms with Crippen molar-refractivity contribution in [2.45, 2.75) is 25.8 Å². The van der Waals surface area contributed by atoms with E-state index in [0.29, 0.717) is 18.5 Å². The molecule has 0 saturated carbocycles. The molecule has 1 saturated heterocycles. The lowest BCUT2D eigenvalue weighted by Crippen LogP contribution is -2.42. The molecule has 1 aromatic rings. The minimum Gasteiger partial charge on any atom is -0.343 e. The van der Waals surface area contributed by atoms with E-state index in [9.17, 15) is 9.59 Å². The molecule has 1 aliphatic carbocycles. The summed E-state index contributed by atoms with van der Waals surface area (Å²) in [6.45, 7) is 2.52. The largest absolute Gasteiger partial charge is 0.343 e. The van der Waals surface area contributed by atoms with Gasteiger partial charge in [0.05, 0.1) is 23.9 Å². The number of nitriles is 1. The Kier molecular flexibility index (Phi) is 4.94. The van der Waals surface area contributed by atoms with Crippen LogP contribution in [0, 0.1) is 17.2 Å². The van der Waals surface area contributed by atoms with E-state index in [1.165, 1.54) is 4.90 Å². The standard InChI is InChI=1S/C19H20N4O2/c1-13-4-6-15-16(8-9-21-17(15)7-5-13)19(25)22-12-18(24)23-10-2-3-14(23)11-20/h4-9,13-14H,2-3,10,12H2,1H3,(H,22,25)/t13-,14?/m0/s1. The van der Waals surface area contributed by atoms with Gasteiger partial charge in [-0.25, -0.2) is 0 Å². The molecule has 0 spiro atoms. The van der Waals surface area contributed by atoms with Crippen molar-refractivity contribution in [1.82, 2.24) is 15.2 Å². The summed E-state index contributed by atoms with van der Waals surface area (Å²) in [5.41, 5.74) is 1.99. The van der Waals surface area contributed by atoms with Crippen LogP contribution in [0.4, 0.5) is 0 Å². The van der Waals surface area contributed by atoms with Gasteiger partial charge in [-0.3, -0.25) is 14.6 Å². The second-order valence-corrected chi connectivity index (χ2v) is 6.29. The van der Waals surface area contributed by atoms with E-state index in [4.69, 9.17) is 5.26 Å². The number of allylic oxidation sites excluding steroid dienone is 2. The summed E-state index contributed by atoms with van der Waals surface area (Å²) >= 11 is 0. The third kappa shape index (κ3) is 3.61. The highest BCUT2D eigenvalue weighted by Crippen LogP contribution is 2.21. The first-order chi connectivity index (χ1) is 12.1. The van der Waals surface area contributed by atoms with Crippen molar-refractivity contribution in [3.05, 3.63) is 41.2 Å². The van der Waals surface area contributed by atoms with E-state index in [-0.39, 0.29) is 30.3 Å². The molecule has 2 aliphatic rings. The molecule has 1 N–H and O–H groups in total. The van der Waals surface area contributed by atoms with Crippen LogP contribution in [0.5, 0.6) is 0 Å². The Morgan fingerprint density at radius 2 is 2.20 bits per heavy atom. The Bertz CT molecular complexity index is 791. The van der Waals surface area contributed by atoms with Crippen LogP contribution in [0.25, 0.3) is 12.2 Å². The normalized spacial score (nSPS) is 21.4. The van der Waals surface area contributed by atoms with Crippen molar-refractivity contribution in [2.24, 2.45) is 5.92 Å². The number of carbonyl (C=O) groups is 2. The lowest BCUT2D eigenvalue weighted by atomic mass is 10.1. The number of likely N-dealkylation sites (tertiary alicyclic amines) is 1. The average Bonchev–Trinajstić information content (AvgIpc) is 3.03. The molecule has 1 aromatic heterocycles. The van der Waals surface area contributed by atoms with Crippen LogP contribution in [0.3, 0.4) is 0 Å². The minimum absolute atomic E-state index is 0.107. The zero-order valence-corrected chi connectivity index (χ0v) is 14.1. The molecule has 0 bridgehead atoms. The van der Waals surface area contributed by atoms with Gasteiger partial charge in [0.2, 0.25) is 5.91 Å². The minimum atomic E-state index is -0.379. The molecule has 2 atom stereocenters. The highest BCUT2D eigenvalue weighted by molar-refractivity contribution is 6.00. The van der Waals surface area contributed by atoms with Gasteiger partial charge in [-0.2, -0.15) is 5.26 Å². The Labute approximate surface area is 146 Å². The smallest absolute Gasteiger partial charge is 0.252 e. The maximum absolute atomic E-state index is 12.5. The van der Waals surface area contributed by atoms with Gasteiger partial charge in [0.15, 0.2) is 0 Å². The Morgan fingerprint density at radius 3 is 3.00 bits per heavy atom. The van der Waals surface area contributed by atoms with E-state index < -0.39 is 0 Å². The van der Waals surface area contributed by atoms with Crippen LogP contribution in [0.2, 0.25) is 0 Å². The van der Waals surface area contributed by atoms with Crippen molar-refractivity contribution in [2.75, 3.05) is 13.1 Å². The van der Waals surface area contributed by atoms with Crippen molar-refractivity contribution in [3.8, 4) is 6.07 Å². The highest BCUT2D eigenvalue weighted by Gasteiger charge is 2.28. The first kappa shape index (κ1) is 16.9. The van der Waals surface area contributed by atoms with E-state index >= 15 is 0 Å². The Balaban J connectivity index is 1.71. The fourth-order valence-electron chi connectivity index (χ4n) is 3.10. The third-order valence-corrected chi connectivity index (χ3v) is 4.51. The van der Waals surface area contributed by atoms with Crippen molar-refractivity contribution >= 4 is 24.0 Å². The molecule has 0 radical (unpaired) electrons. The number of pyridine rings is 1. The van der Waals surface area contributed by atoms with Gasteiger partial charge in [0.1, 0.15) is 6.04 Å². The number of fused-ring (bicyclic) bond motifs is 1. The first-order valence-electron chi connectivity index (χ1n) is 8.43. The molecule has 1 unspecified atom stereocenters. The maximum Gasteiger partial charge on any atom is 0.252 e. The molecule has 1 fully saturated rings. The number of hydrogen-bond acceptors (Lipinski definition) is 4. The number of carbonyl (C=O) groups excluding carboxylic acids is 2. The van der Waals surface area contributed by atoms with Crippen molar-refractivity contribution < 1.29 is 9.59 Å². The summed E-state index contributed by atoms with van der Waals surface area (Å²) in [4.78, 5) is 30.7. The van der Waals surface area contributed by atoms with Crippen molar-refractivity contribution in [1.29, 1.82) is 5.26 Å². The summed E-state index contributed by atoms with van der Waals surface area (Å²) in [7, 11) is 0. The lowest BCUT2D eigenvalue weighted by Gasteiger charge is -2.19. The molecule has 128 valence electrons. The number of rotatable bonds is 3. The van der Waals surface area contributed by atoms with E-state index in [1.807, 2.05) is 24.3 Å². The van der Waals surface area contributed by atoms with E-state index in [0.717, 1.165) is 17.7 Å². The van der Waals surface area contributed by atoms with Gasteiger partial charge >= 0.3 is 0 Å². The number of nitrogens with one attached hydrogen (secondary N) is 1. The van der Waals surface area contributed by atoms with E-state index in [2.05, 4.69) is 23.3 Å². The summed E-state index contributed by atoms with van der Waals surface area (Å²) in [5.74, 6) is -0.265. The van der Waals surface area contributed by atoms with E-state index in [1.54, 1.807) is 12.3 Å². The van der Waals surface area contributed by atoms with Crippen LogP contribution in [0.1, 0.15) is 41.4 Å². The zero-order chi connectivity index (χ0) is 17.8. The average molecular weight is 336 g/mol. The molecule has 6 nitrogen and oxygen atoms in total. The molecule has 2 amide bonds. The SMILES string of the molecule is C[C@@H]1C=Cc2nccc(C(=O)NCC(=O)N3CCCC3C#N)c2C=C1. The number of hydrogen-bond donors (Lipinski definition) is 1. The number of nitrogens with zero attached hydrogens (tertiary/aromatic N) is 3. The predicted octanol–water partition coefficient (Wildman–Crippen LogP) is 2.00. The zero-order valence-electron chi connectivity index (χ0n) is 14.1. The van der Waals surface area contributed by atoms with Crippen LogP contribution in [0.15, 0.2) is 24.4 Å². The lowest BCUT2D eigenvalue weighted by molar-refractivity contribution is -0.130. The monoisotopic (exact) mass is 336 g/mol. The fraction of sp³-hybridized carbons (Fsp3) is 0.368. The van der Waals surface area contributed by atoms with Crippen LogP contribution in [-0.4, -0.2) is 40.8 Å². The molecule has 0 aromatic carbocycles. The quantitative estimate of drug-likeness (QED) is 0.915. The first-order valence-corrected chi connectivity index (χ1v) is 8.43. The van der Waals surface area contributed by atoms with Gasteiger partial charge in [-0.1, -0.05) is 25.2 Å². The maximum atomic E-state index is 12.5. The molecule has 3 rings (SSSR count). The molecule has 6 heteroatoms. The van der Waals surface area contributed by atoms with Gasteiger partial charge < -0.3 is 10.2 Å². The number of aromatic nitrogens is 1. The Hall–Kier alpha value is -2.94. The molecular formula is C19H20N4O2. The highest BCUT2D eigenvalue weighted by atomic mass is 16.2. The van der Waals surface area contributed by atoms with Gasteiger partial charge in [-0.15, -0.1) is 0 Å². The van der Waals surface area contributed by atoms with Crippen LogP contribution in [-0.2, 0) is 4.79 Å². The van der Waals surface area contributed by atoms with Gasteiger partial charge in [-0.05, 0) is 30.9 Å². The molecule has 25 heavy (non-hydrogen) atoms. The van der Waals surface area contributed by atoms with Gasteiger partial charge in [0.25, 0.3) is 5.91 Å². The van der Waals surface area contributed by atoms with Crippen molar-refractivity contribution in [3.63, 3.8) is 0 Å². The van der Waals surface area contributed by atoms with Crippen LogP contribution < -0.4 is 5.32 Å². The van der Waals surface area contributed by atoms with Gasteiger partial charge in [0, 0.05) is 18.3 Å². The Morgan fingerprint density at radius 1 is 1.40 bits per heavy atom. The van der Waals surface area contributed by atoms with Crippen LogP contribution >= 0.6 is 0 Å². The summed E-state index contributed by atoms with van der Waals surface area (Å²) in [6.07, 6.45) is 11.0. The fourth-order valence-corrected chi connectivity index (χ4v) is 3.10. The molecular weight excluding hydrogens is 316 g/mol. The third-order valence-electron chi connectivity index (χ3n) is 4.51. The second-order valence-electron chi connectivity index (χ2n) is 6.29. The summed E-state index contributed by atoms with van der Waals surface area (Å²) in [6, 6.07) is 3.41. The molecule has 2 heterocycles. The summed E-state index contributed by atoms with van der Waals surface area (Å²) < 4.78 is 0. The summed E-state index contributed by atoms with van der Waals surface area (Å²) in [5, 5.41) is 11.7. The molecule has 1 aliphatic heterocycles. The second kappa shape index (κ2) is 7.31. The predicted molar refractivity (Wildman–Crippen MR) is 94.2 cm³/mol. The topological polar surface area (TPSA) is 86.1 Å². The number of amides is 2.